The Bertz CT molecular complexity index is 453. The van der Waals surface area contributed by atoms with Crippen LogP contribution in [-0.4, -0.2) is 23.1 Å². The Kier molecular flexibility index (Phi) is 4.98. The topological polar surface area (TPSA) is 78.4 Å². The van der Waals surface area contributed by atoms with Crippen molar-refractivity contribution in [1.29, 1.82) is 0 Å². The number of aliphatic carboxylic acids is 1. The Morgan fingerprint density at radius 3 is 2.35 bits per heavy atom. The molecule has 1 aliphatic rings. The van der Waals surface area contributed by atoms with Gasteiger partial charge in [0.15, 0.2) is 0 Å². The molecule has 1 fully saturated rings. The highest BCUT2D eigenvalue weighted by Crippen LogP contribution is 2.26. The summed E-state index contributed by atoms with van der Waals surface area (Å²) in [6, 6.07) is 9.25. The lowest BCUT2D eigenvalue weighted by atomic mass is 9.84. The summed E-state index contributed by atoms with van der Waals surface area (Å²) in [5.41, 5.74) is 0.768. The Morgan fingerprint density at radius 1 is 1.10 bits per heavy atom. The first-order chi connectivity index (χ1) is 9.63. The van der Waals surface area contributed by atoms with Crippen LogP contribution in [0.25, 0.3) is 0 Å². The van der Waals surface area contributed by atoms with E-state index in [-0.39, 0.29) is 24.4 Å². The number of rotatable bonds is 4. The predicted octanol–water partition coefficient (Wildman–Crippen LogP) is 2.84. The summed E-state index contributed by atoms with van der Waals surface area (Å²) in [7, 11) is 0. The van der Waals surface area contributed by atoms with E-state index in [4.69, 9.17) is 5.11 Å². The van der Waals surface area contributed by atoms with E-state index in [2.05, 4.69) is 10.6 Å². The van der Waals surface area contributed by atoms with Crippen molar-refractivity contribution in [2.75, 3.05) is 5.32 Å². The molecule has 0 unspecified atom stereocenters. The molecule has 5 heteroatoms. The van der Waals surface area contributed by atoms with Gasteiger partial charge >= 0.3 is 12.0 Å². The van der Waals surface area contributed by atoms with Crippen molar-refractivity contribution in [1.82, 2.24) is 5.32 Å². The Balaban J connectivity index is 1.72. The summed E-state index contributed by atoms with van der Waals surface area (Å²) >= 11 is 0. The summed E-state index contributed by atoms with van der Waals surface area (Å²) < 4.78 is 0. The first kappa shape index (κ1) is 14.4. The summed E-state index contributed by atoms with van der Waals surface area (Å²) in [4.78, 5) is 22.5. The van der Waals surface area contributed by atoms with E-state index in [1.165, 1.54) is 0 Å². The molecule has 0 bridgehead atoms. The van der Waals surface area contributed by atoms with Gasteiger partial charge in [-0.25, -0.2) is 4.79 Å². The molecular formula is C15H20N2O3. The Labute approximate surface area is 118 Å². The van der Waals surface area contributed by atoms with Crippen LogP contribution in [0.5, 0.6) is 0 Å². The zero-order chi connectivity index (χ0) is 14.4. The summed E-state index contributed by atoms with van der Waals surface area (Å²) in [5, 5.41) is 14.5. The minimum absolute atomic E-state index is 0.142. The molecule has 0 aliphatic heterocycles. The molecule has 108 valence electrons. The standard InChI is InChI=1S/C15H20N2O3/c18-14(19)10-11-6-8-13(9-7-11)17-15(20)16-12-4-2-1-3-5-12/h1-5,11,13H,6-10H2,(H,18,19)(H2,16,17,20). The second-order valence-electron chi connectivity index (χ2n) is 5.28. The quantitative estimate of drug-likeness (QED) is 0.791. The first-order valence-corrected chi connectivity index (χ1v) is 6.98. The maximum absolute atomic E-state index is 11.8. The molecular weight excluding hydrogens is 256 g/mol. The molecule has 0 aromatic heterocycles. The highest BCUT2D eigenvalue weighted by molar-refractivity contribution is 5.89. The van der Waals surface area contributed by atoms with Crippen molar-refractivity contribution in [3.63, 3.8) is 0 Å². The van der Waals surface area contributed by atoms with Crippen LogP contribution >= 0.6 is 0 Å². The fraction of sp³-hybridized carbons (Fsp3) is 0.467. The van der Waals surface area contributed by atoms with Crippen LogP contribution in [0.3, 0.4) is 0 Å². The van der Waals surface area contributed by atoms with Crippen LogP contribution < -0.4 is 10.6 Å². The summed E-state index contributed by atoms with van der Waals surface area (Å²) in [5.74, 6) is -0.481. The Hall–Kier alpha value is -2.04. The van der Waals surface area contributed by atoms with Gasteiger partial charge in [-0.3, -0.25) is 4.79 Å². The minimum Gasteiger partial charge on any atom is -0.481 e. The fourth-order valence-corrected chi connectivity index (χ4v) is 2.63. The second kappa shape index (κ2) is 6.93. The SMILES string of the molecule is O=C(O)CC1CCC(NC(=O)Nc2ccccc2)CC1. The van der Waals surface area contributed by atoms with E-state index in [0.717, 1.165) is 31.4 Å². The number of hydrogen-bond donors (Lipinski definition) is 3. The molecule has 20 heavy (non-hydrogen) atoms. The van der Waals surface area contributed by atoms with Gasteiger partial charge in [0, 0.05) is 18.2 Å². The van der Waals surface area contributed by atoms with Gasteiger partial charge in [-0.15, -0.1) is 0 Å². The normalized spacial score (nSPS) is 22.0. The highest BCUT2D eigenvalue weighted by atomic mass is 16.4. The smallest absolute Gasteiger partial charge is 0.319 e. The molecule has 2 amide bonds. The second-order valence-corrected chi connectivity index (χ2v) is 5.28. The summed E-state index contributed by atoms with van der Waals surface area (Å²) in [6.45, 7) is 0. The van der Waals surface area contributed by atoms with Crippen LogP contribution in [0, 0.1) is 5.92 Å². The van der Waals surface area contributed by atoms with Gasteiger partial charge in [0.1, 0.15) is 0 Å². The number of carbonyl (C=O) groups excluding carboxylic acids is 1. The average Bonchev–Trinajstić information content (AvgIpc) is 2.41. The molecule has 1 saturated carbocycles. The number of urea groups is 1. The maximum Gasteiger partial charge on any atom is 0.319 e. The molecule has 3 N–H and O–H groups in total. The lowest BCUT2D eigenvalue weighted by molar-refractivity contribution is -0.138. The number of carboxylic acids is 1. The number of carboxylic acid groups (broad SMARTS) is 1. The van der Waals surface area contributed by atoms with Crippen LogP contribution in [-0.2, 0) is 4.79 Å². The number of benzene rings is 1. The van der Waals surface area contributed by atoms with Gasteiger partial charge in [0.05, 0.1) is 0 Å². The maximum atomic E-state index is 11.8. The third-order valence-electron chi connectivity index (χ3n) is 3.68. The molecule has 0 saturated heterocycles. The lowest BCUT2D eigenvalue weighted by Gasteiger charge is -2.28. The van der Waals surface area contributed by atoms with E-state index >= 15 is 0 Å². The van der Waals surface area contributed by atoms with Gasteiger partial charge in [0.25, 0.3) is 0 Å². The predicted molar refractivity (Wildman–Crippen MR) is 76.6 cm³/mol. The van der Waals surface area contributed by atoms with Gasteiger partial charge in [-0.2, -0.15) is 0 Å². The van der Waals surface area contributed by atoms with E-state index in [1.807, 2.05) is 30.3 Å². The molecule has 1 aromatic rings. The monoisotopic (exact) mass is 276 g/mol. The molecule has 0 spiro atoms. The average molecular weight is 276 g/mol. The molecule has 5 nitrogen and oxygen atoms in total. The largest absolute Gasteiger partial charge is 0.481 e. The van der Waals surface area contributed by atoms with Crippen LogP contribution in [0.2, 0.25) is 0 Å². The van der Waals surface area contributed by atoms with E-state index in [0.29, 0.717) is 0 Å². The highest BCUT2D eigenvalue weighted by Gasteiger charge is 2.23. The number of hydrogen-bond acceptors (Lipinski definition) is 2. The molecule has 0 heterocycles. The fourth-order valence-electron chi connectivity index (χ4n) is 2.63. The number of nitrogens with one attached hydrogen (secondary N) is 2. The van der Waals surface area contributed by atoms with Crippen molar-refractivity contribution in [3.8, 4) is 0 Å². The Morgan fingerprint density at radius 2 is 1.75 bits per heavy atom. The zero-order valence-electron chi connectivity index (χ0n) is 11.3. The van der Waals surface area contributed by atoms with Crippen LogP contribution in [0.4, 0.5) is 10.5 Å². The third-order valence-corrected chi connectivity index (χ3v) is 3.68. The number of carbonyl (C=O) groups is 2. The van der Waals surface area contributed by atoms with Crippen molar-refractivity contribution >= 4 is 17.7 Å². The van der Waals surface area contributed by atoms with Crippen LogP contribution in [0.15, 0.2) is 30.3 Å². The molecule has 0 radical (unpaired) electrons. The van der Waals surface area contributed by atoms with E-state index < -0.39 is 5.97 Å². The molecule has 1 aromatic carbocycles. The van der Waals surface area contributed by atoms with Crippen LogP contribution in [0.1, 0.15) is 32.1 Å². The number of amides is 2. The van der Waals surface area contributed by atoms with Crippen molar-refractivity contribution in [2.45, 2.75) is 38.1 Å². The minimum atomic E-state index is -0.733. The van der Waals surface area contributed by atoms with Crippen molar-refractivity contribution < 1.29 is 14.7 Å². The van der Waals surface area contributed by atoms with E-state index in [9.17, 15) is 9.59 Å². The zero-order valence-corrected chi connectivity index (χ0v) is 11.3. The van der Waals surface area contributed by atoms with E-state index in [1.54, 1.807) is 0 Å². The third kappa shape index (κ3) is 4.57. The van der Waals surface area contributed by atoms with Gasteiger partial charge in [0.2, 0.25) is 0 Å². The molecule has 1 aliphatic carbocycles. The van der Waals surface area contributed by atoms with Gasteiger partial charge in [-0.1, -0.05) is 18.2 Å². The number of anilines is 1. The first-order valence-electron chi connectivity index (χ1n) is 6.98. The van der Waals surface area contributed by atoms with Crippen molar-refractivity contribution in [2.24, 2.45) is 5.92 Å². The lowest BCUT2D eigenvalue weighted by Crippen LogP contribution is -2.40. The number of para-hydroxylation sites is 1. The molecule has 0 atom stereocenters. The summed E-state index contributed by atoms with van der Waals surface area (Å²) in [6.07, 6.45) is 3.66. The molecule has 2 rings (SSSR count). The van der Waals surface area contributed by atoms with Crippen molar-refractivity contribution in [3.05, 3.63) is 30.3 Å². The van der Waals surface area contributed by atoms with Gasteiger partial charge in [-0.05, 0) is 43.7 Å². The van der Waals surface area contributed by atoms with Gasteiger partial charge < -0.3 is 15.7 Å².